The molecule has 17 heavy (non-hydrogen) atoms. The van der Waals surface area contributed by atoms with E-state index in [1.54, 1.807) is 13.0 Å². The third kappa shape index (κ3) is 1.90. The molecule has 1 aromatic carbocycles. The minimum Gasteiger partial charge on any atom is -0.477 e. The van der Waals surface area contributed by atoms with Gasteiger partial charge in [0.15, 0.2) is 5.43 Å². The van der Waals surface area contributed by atoms with Crippen molar-refractivity contribution in [1.82, 2.24) is 4.98 Å². The van der Waals surface area contributed by atoms with Gasteiger partial charge in [0, 0.05) is 6.07 Å². The molecule has 0 aliphatic rings. The van der Waals surface area contributed by atoms with E-state index in [1.165, 1.54) is 0 Å². The number of halogens is 2. The Morgan fingerprint density at radius 2 is 2.00 bits per heavy atom. The van der Waals surface area contributed by atoms with Crippen molar-refractivity contribution in [3.05, 3.63) is 43.7 Å². The molecule has 1 heterocycles. The predicted molar refractivity (Wildman–Crippen MR) is 66.3 cm³/mol. The third-order valence-corrected chi connectivity index (χ3v) is 3.19. The van der Waals surface area contributed by atoms with Gasteiger partial charge in [-0.2, -0.15) is 0 Å². The highest BCUT2D eigenvalue weighted by atomic mass is 35.5. The number of carboxylic acids is 1. The Morgan fingerprint density at radius 1 is 1.35 bits per heavy atom. The molecule has 0 spiro atoms. The molecule has 2 N–H and O–H groups in total. The van der Waals surface area contributed by atoms with E-state index in [1.807, 2.05) is 0 Å². The predicted octanol–water partition coefficient (Wildman–Crippen LogP) is 2.84. The van der Waals surface area contributed by atoms with E-state index in [0.717, 1.165) is 6.07 Å². The van der Waals surface area contributed by atoms with Crippen LogP contribution in [0.25, 0.3) is 10.9 Å². The van der Waals surface area contributed by atoms with Crippen LogP contribution in [0.15, 0.2) is 16.9 Å². The molecule has 4 nitrogen and oxygen atoms in total. The van der Waals surface area contributed by atoms with Crippen LogP contribution in [0.3, 0.4) is 0 Å². The van der Waals surface area contributed by atoms with Gasteiger partial charge in [-0.1, -0.05) is 23.2 Å². The van der Waals surface area contributed by atoms with E-state index in [-0.39, 0.29) is 26.6 Å². The lowest BCUT2D eigenvalue weighted by Gasteiger charge is -2.06. The van der Waals surface area contributed by atoms with E-state index >= 15 is 0 Å². The highest BCUT2D eigenvalue weighted by molar-refractivity contribution is 6.40. The molecule has 0 fully saturated rings. The number of aryl methyl sites for hydroxylation is 1. The zero-order chi connectivity index (χ0) is 12.7. The first-order valence-corrected chi connectivity index (χ1v) is 5.42. The Bertz CT molecular complexity index is 691. The number of carboxylic acid groups (broad SMARTS) is 1. The lowest BCUT2D eigenvalue weighted by molar-refractivity contribution is 0.0691. The summed E-state index contributed by atoms with van der Waals surface area (Å²) in [5.41, 5.74) is 0.223. The van der Waals surface area contributed by atoms with Crippen molar-refractivity contribution < 1.29 is 9.90 Å². The zero-order valence-electron chi connectivity index (χ0n) is 8.67. The number of hydrogen-bond acceptors (Lipinski definition) is 2. The molecule has 0 amide bonds. The molecular weight excluding hydrogens is 265 g/mol. The molecule has 6 heteroatoms. The van der Waals surface area contributed by atoms with Crippen LogP contribution in [-0.4, -0.2) is 16.1 Å². The zero-order valence-corrected chi connectivity index (χ0v) is 10.2. The molecule has 0 atom stereocenters. The molecule has 0 radical (unpaired) electrons. The van der Waals surface area contributed by atoms with Gasteiger partial charge in [0.05, 0.1) is 20.9 Å². The average molecular weight is 272 g/mol. The van der Waals surface area contributed by atoms with E-state index in [4.69, 9.17) is 28.3 Å². The second-order valence-electron chi connectivity index (χ2n) is 3.59. The Labute approximate surface area is 106 Å². The van der Waals surface area contributed by atoms with Gasteiger partial charge in [0.1, 0.15) is 5.69 Å². The van der Waals surface area contributed by atoms with E-state index in [0.29, 0.717) is 5.56 Å². The summed E-state index contributed by atoms with van der Waals surface area (Å²) in [5, 5.41) is 9.59. The normalized spacial score (nSPS) is 10.8. The fourth-order valence-corrected chi connectivity index (χ4v) is 2.14. The van der Waals surface area contributed by atoms with Crippen molar-refractivity contribution in [1.29, 1.82) is 0 Å². The molecule has 88 valence electrons. The van der Waals surface area contributed by atoms with Gasteiger partial charge in [-0.05, 0) is 18.6 Å². The highest BCUT2D eigenvalue weighted by Gasteiger charge is 2.14. The van der Waals surface area contributed by atoms with Crippen molar-refractivity contribution >= 4 is 40.1 Å². The van der Waals surface area contributed by atoms with Crippen molar-refractivity contribution in [2.24, 2.45) is 0 Å². The van der Waals surface area contributed by atoms with Crippen LogP contribution < -0.4 is 5.43 Å². The summed E-state index contributed by atoms with van der Waals surface area (Å²) in [6.45, 7) is 1.72. The number of carbonyl (C=O) groups is 1. The van der Waals surface area contributed by atoms with Crippen LogP contribution in [0.1, 0.15) is 16.1 Å². The SMILES string of the molecule is Cc1cc(Cl)c2[nH]c(C(=O)O)cc(=O)c2c1Cl. The van der Waals surface area contributed by atoms with Crippen LogP contribution in [-0.2, 0) is 0 Å². The molecule has 0 saturated heterocycles. The lowest BCUT2D eigenvalue weighted by atomic mass is 10.1. The number of hydrogen-bond donors (Lipinski definition) is 2. The number of pyridine rings is 1. The van der Waals surface area contributed by atoms with Gasteiger partial charge >= 0.3 is 5.97 Å². The first kappa shape index (κ1) is 12.0. The van der Waals surface area contributed by atoms with Gasteiger partial charge in [-0.15, -0.1) is 0 Å². The van der Waals surface area contributed by atoms with E-state index in [9.17, 15) is 9.59 Å². The smallest absolute Gasteiger partial charge is 0.352 e. The lowest BCUT2D eigenvalue weighted by Crippen LogP contribution is -2.10. The summed E-state index contributed by atoms with van der Waals surface area (Å²) in [6.07, 6.45) is 0. The molecule has 0 aliphatic carbocycles. The molecular formula is C11H7Cl2NO3. The van der Waals surface area contributed by atoms with Crippen molar-refractivity contribution in [3.8, 4) is 0 Å². The molecule has 1 aromatic heterocycles. The van der Waals surface area contributed by atoms with Crippen molar-refractivity contribution in [3.63, 3.8) is 0 Å². The van der Waals surface area contributed by atoms with Crippen LogP contribution in [0.5, 0.6) is 0 Å². The number of aromatic amines is 1. The number of rotatable bonds is 1. The Morgan fingerprint density at radius 3 is 2.59 bits per heavy atom. The fourth-order valence-electron chi connectivity index (χ4n) is 1.59. The van der Waals surface area contributed by atoms with Gasteiger partial charge in [0.25, 0.3) is 0 Å². The maximum absolute atomic E-state index is 11.8. The molecule has 0 aliphatic heterocycles. The largest absolute Gasteiger partial charge is 0.477 e. The van der Waals surface area contributed by atoms with E-state index < -0.39 is 11.4 Å². The third-order valence-electron chi connectivity index (χ3n) is 2.41. The minimum atomic E-state index is -1.23. The number of fused-ring (bicyclic) bond motifs is 1. The number of aromatic nitrogens is 1. The monoisotopic (exact) mass is 271 g/mol. The van der Waals surface area contributed by atoms with Crippen LogP contribution in [0.2, 0.25) is 10.0 Å². The Hall–Kier alpha value is -1.52. The summed E-state index contributed by atoms with van der Waals surface area (Å²) in [4.78, 5) is 25.2. The summed E-state index contributed by atoms with van der Waals surface area (Å²) >= 11 is 12.0. The molecule has 2 aromatic rings. The number of nitrogens with one attached hydrogen (secondary N) is 1. The first-order chi connectivity index (χ1) is 7.91. The summed E-state index contributed by atoms with van der Waals surface area (Å²) in [7, 11) is 0. The summed E-state index contributed by atoms with van der Waals surface area (Å²) in [6, 6.07) is 2.57. The Kier molecular flexibility index (Phi) is 2.85. The topological polar surface area (TPSA) is 70.2 Å². The fraction of sp³-hybridized carbons (Fsp3) is 0.0909. The number of benzene rings is 1. The molecule has 0 bridgehead atoms. The summed E-state index contributed by atoms with van der Waals surface area (Å²) < 4.78 is 0. The maximum atomic E-state index is 11.8. The number of aromatic carboxylic acids is 1. The standard InChI is InChI=1S/C11H7Cl2NO3/c1-4-2-5(12)10-8(9(4)13)7(15)3-6(14-10)11(16)17/h2-3H,1H3,(H,14,15)(H,16,17). The maximum Gasteiger partial charge on any atom is 0.352 e. The minimum absolute atomic E-state index is 0.210. The van der Waals surface area contributed by atoms with E-state index in [2.05, 4.69) is 4.98 Å². The second kappa shape index (κ2) is 4.05. The van der Waals surface area contributed by atoms with Crippen molar-refractivity contribution in [2.45, 2.75) is 6.92 Å². The number of H-pyrrole nitrogens is 1. The second-order valence-corrected chi connectivity index (χ2v) is 4.38. The first-order valence-electron chi connectivity index (χ1n) is 4.66. The van der Waals surface area contributed by atoms with Crippen molar-refractivity contribution in [2.75, 3.05) is 0 Å². The van der Waals surface area contributed by atoms with Crippen LogP contribution in [0, 0.1) is 6.92 Å². The molecule has 0 unspecified atom stereocenters. The average Bonchev–Trinajstić information content (AvgIpc) is 2.25. The molecule has 0 saturated carbocycles. The highest BCUT2D eigenvalue weighted by Crippen LogP contribution is 2.29. The van der Waals surface area contributed by atoms with Crippen LogP contribution in [0.4, 0.5) is 0 Å². The van der Waals surface area contributed by atoms with Gasteiger partial charge in [-0.25, -0.2) is 4.79 Å². The summed E-state index contributed by atoms with van der Waals surface area (Å²) in [5.74, 6) is -1.23. The van der Waals surface area contributed by atoms with Gasteiger partial charge < -0.3 is 10.1 Å². The van der Waals surface area contributed by atoms with Crippen LogP contribution >= 0.6 is 23.2 Å². The van der Waals surface area contributed by atoms with Gasteiger partial charge in [-0.3, -0.25) is 4.79 Å². The Balaban J connectivity index is 3.01. The molecule has 2 rings (SSSR count). The van der Waals surface area contributed by atoms with Gasteiger partial charge in [0.2, 0.25) is 0 Å². The quantitative estimate of drug-likeness (QED) is 0.838.